The van der Waals surface area contributed by atoms with Crippen molar-refractivity contribution in [3.05, 3.63) is 0 Å². The summed E-state index contributed by atoms with van der Waals surface area (Å²) in [6, 6.07) is 2.77. The molecule has 0 bridgehead atoms. The van der Waals surface area contributed by atoms with Gasteiger partial charge in [0.1, 0.15) is 0 Å². The van der Waals surface area contributed by atoms with Crippen LogP contribution in [0.5, 0.6) is 0 Å². The molecular formula is C23H41N. The van der Waals surface area contributed by atoms with Crippen LogP contribution in [0.2, 0.25) is 0 Å². The van der Waals surface area contributed by atoms with Gasteiger partial charge in [0.25, 0.3) is 0 Å². The fourth-order valence-electron chi connectivity index (χ4n) is 5.21. The first-order chi connectivity index (χ1) is 11.7. The lowest BCUT2D eigenvalue weighted by Crippen LogP contribution is -2.27. The van der Waals surface area contributed by atoms with E-state index in [1.807, 2.05) is 0 Å². The van der Waals surface area contributed by atoms with E-state index in [0.717, 1.165) is 17.8 Å². The van der Waals surface area contributed by atoms with Crippen LogP contribution >= 0.6 is 0 Å². The molecule has 1 heteroatoms. The number of hydrogen-bond donors (Lipinski definition) is 0. The second kappa shape index (κ2) is 10.5. The van der Waals surface area contributed by atoms with Crippen LogP contribution in [0.4, 0.5) is 0 Å². The quantitative estimate of drug-likeness (QED) is 0.425. The second-order valence-electron chi connectivity index (χ2n) is 9.05. The van der Waals surface area contributed by atoms with E-state index >= 15 is 0 Å². The van der Waals surface area contributed by atoms with Gasteiger partial charge in [0.2, 0.25) is 0 Å². The van der Waals surface area contributed by atoms with Crippen molar-refractivity contribution in [1.29, 1.82) is 5.26 Å². The zero-order chi connectivity index (χ0) is 17.3. The molecule has 0 radical (unpaired) electrons. The molecule has 0 aromatic rings. The first-order valence-corrected chi connectivity index (χ1v) is 11.1. The third kappa shape index (κ3) is 6.09. The van der Waals surface area contributed by atoms with E-state index in [1.54, 1.807) is 0 Å². The van der Waals surface area contributed by atoms with Crippen LogP contribution in [0.1, 0.15) is 117 Å². The zero-order valence-corrected chi connectivity index (χ0v) is 16.5. The Morgan fingerprint density at radius 2 is 1.21 bits per heavy atom. The molecule has 0 N–H and O–H groups in total. The summed E-state index contributed by atoms with van der Waals surface area (Å²) >= 11 is 0. The molecule has 0 aromatic carbocycles. The predicted molar refractivity (Wildman–Crippen MR) is 104 cm³/mol. The summed E-state index contributed by atoms with van der Waals surface area (Å²) in [5.74, 6) is 2.85. The average molecular weight is 332 g/mol. The highest BCUT2D eigenvalue weighted by molar-refractivity contribution is 5.01. The van der Waals surface area contributed by atoms with Crippen molar-refractivity contribution in [2.24, 2.45) is 23.2 Å². The lowest BCUT2D eigenvalue weighted by Gasteiger charge is -2.37. The van der Waals surface area contributed by atoms with Gasteiger partial charge < -0.3 is 0 Å². The summed E-state index contributed by atoms with van der Waals surface area (Å²) in [4.78, 5) is 0. The van der Waals surface area contributed by atoms with Crippen LogP contribution < -0.4 is 0 Å². The van der Waals surface area contributed by atoms with E-state index in [2.05, 4.69) is 19.9 Å². The molecule has 0 heterocycles. The summed E-state index contributed by atoms with van der Waals surface area (Å²) < 4.78 is 0. The highest BCUT2D eigenvalue weighted by Crippen LogP contribution is 2.45. The Morgan fingerprint density at radius 3 is 1.67 bits per heavy atom. The first kappa shape index (κ1) is 19.8. The summed E-state index contributed by atoms with van der Waals surface area (Å²) in [5, 5.41) is 9.82. The van der Waals surface area contributed by atoms with Gasteiger partial charge in [0.15, 0.2) is 0 Å². The molecule has 2 saturated carbocycles. The molecule has 0 unspecified atom stereocenters. The molecule has 138 valence electrons. The Bertz CT molecular complexity index is 364. The highest BCUT2D eigenvalue weighted by Gasteiger charge is 2.35. The predicted octanol–water partition coefficient (Wildman–Crippen LogP) is 7.65. The smallest absolute Gasteiger partial charge is 0.0689 e. The van der Waals surface area contributed by atoms with Crippen LogP contribution in [0, 0.1) is 34.5 Å². The summed E-state index contributed by atoms with van der Waals surface area (Å²) in [5.41, 5.74) is 0.0434. The molecule has 0 aromatic heterocycles. The number of unbranched alkanes of at least 4 members (excludes halogenated alkanes) is 2. The van der Waals surface area contributed by atoms with E-state index in [9.17, 15) is 5.26 Å². The molecule has 2 fully saturated rings. The van der Waals surface area contributed by atoms with E-state index in [4.69, 9.17) is 0 Å². The maximum absolute atomic E-state index is 9.82. The fourth-order valence-corrected chi connectivity index (χ4v) is 5.21. The molecule has 0 atom stereocenters. The molecule has 2 rings (SSSR count). The van der Waals surface area contributed by atoms with Crippen molar-refractivity contribution in [3.63, 3.8) is 0 Å². The van der Waals surface area contributed by atoms with Crippen LogP contribution in [0.25, 0.3) is 0 Å². The lowest BCUT2D eigenvalue weighted by atomic mass is 9.66. The fraction of sp³-hybridized carbons (Fsp3) is 0.957. The number of nitrogens with zero attached hydrogens (tertiary/aromatic N) is 1. The maximum Gasteiger partial charge on any atom is 0.0689 e. The van der Waals surface area contributed by atoms with Gasteiger partial charge in [-0.15, -0.1) is 0 Å². The van der Waals surface area contributed by atoms with Gasteiger partial charge in [0.05, 0.1) is 11.5 Å². The molecule has 0 spiro atoms. The second-order valence-corrected chi connectivity index (χ2v) is 9.05. The van der Waals surface area contributed by atoms with Gasteiger partial charge in [-0.25, -0.2) is 0 Å². The Labute approximate surface area is 151 Å². The van der Waals surface area contributed by atoms with Gasteiger partial charge in [-0.1, -0.05) is 78.1 Å². The van der Waals surface area contributed by atoms with Crippen LogP contribution in [-0.2, 0) is 0 Å². The van der Waals surface area contributed by atoms with Crippen molar-refractivity contribution in [2.45, 2.75) is 117 Å². The van der Waals surface area contributed by atoms with Crippen molar-refractivity contribution >= 4 is 0 Å². The third-order valence-corrected chi connectivity index (χ3v) is 7.23. The molecule has 24 heavy (non-hydrogen) atoms. The SMILES string of the molecule is CCCCC1CCC(CCC2(C#N)CCC(CCCC)CC2)CC1. The zero-order valence-electron chi connectivity index (χ0n) is 16.5. The van der Waals surface area contributed by atoms with E-state index < -0.39 is 0 Å². The standard InChI is InChI=1S/C23H41N/c1-3-5-7-20-9-11-22(12-10-20)15-18-23(19-24)16-13-21(14-17-23)8-6-4-2/h20-22H,3-18H2,1-2H3. The maximum atomic E-state index is 9.82. The summed E-state index contributed by atoms with van der Waals surface area (Å²) in [6.07, 6.45) is 21.7. The number of nitriles is 1. The monoisotopic (exact) mass is 331 g/mol. The third-order valence-electron chi connectivity index (χ3n) is 7.23. The molecule has 0 aliphatic heterocycles. The molecule has 0 amide bonds. The van der Waals surface area contributed by atoms with Crippen molar-refractivity contribution < 1.29 is 0 Å². The summed E-state index contributed by atoms with van der Waals surface area (Å²) in [6.45, 7) is 4.60. The van der Waals surface area contributed by atoms with Gasteiger partial charge in [-0.2, -0.15) is 5.26 Å². The van der Waals surface area contributed by atoms with Crippen LogP contribution in [-0.4, -0.2) is 0 Å². The minimum atomic E-state index is 0.0434. The van der Waals surface area contributed by atoms with Crippen LogP contribution in [0.3, 0.4) is 0 Å². The Kier molecular flexibility index (Phi) is 8.65. The Balaban J connectivity index is 1.68. The summed E-state index contributed by atoms with van der Waals surface area (Å²) in [7, 11) is 0. The average Bonchev–Trinajstić information content (AvgIpc) is 2.65. The van der Waals surface area contributed by atoms with E-state index in [-0.39, 0.29) is 5.41 Å². The van der Waals surface area contributed by atoms with Crippen molar-refractivity contribution in [1.82, 2.24) is 0 Å². The van der Waals surface area contributed by atoms with Crippen molar-refractivity contribution in [3.8, 4) is 6.07 Å². The minimum Gasteiger partial charge on any atom is -0.198 e. The van der Waals surface area contributed by atoms with Gasteiger partial charge in [-0.3, -0.25) is 0 Å². The van der Waals surface area contributed by atoms with Crippen LogP contribution in [0.15, 0.2) is 0 Å². The van der Waals surface area contributed by atoms with Gasteiger partial charge in [-0.05, 0) is 56.3 Å². The Morgan fingerprint density at radius 1 is 0.750 bits per heavy atom. The molecule has 0 saturated heterocycles. The number of rotatable bonds is 9. The topological polar surface area (TPSA) is 23.8 Å². The molecule has 2 aliphatic carbocycles. The van der Waals surface area contributed by atoms with Crippen molar-refractivity contribution in [2.75, 3.05) is 0 Å². The van der Waals surface area contributed by atoms with Gasteiger partial charge in [0, 0.05) is 0 Å². The van der Waals surface area contributed by atoms with E-state index in [0.29, 0.717) is 0 Å². The highest BCUT2D eigenvalue weighted by atomic mass is 14.4. The van der Waals surface area contributed by atoms with Gasteiger partial charge >= 0.3 is 0 Å². The molecule has 1 nitrogen and oxygen atoms in total. The lowest BCUT2D eigenvalue weighted by molar-refractivity contribution is 0.163. The minimum absolute atomic E-state index is 0.0434. The van der Waals surface area contributed by atoms with E-state index in [1.165, 1.54) is 103 Å². The molecule has 2 aliphatic rings. The largest absolute Gasteiger partial charge is 0.198 e. The first-order valence-electron chi connectivity index (χ1n) is 11.1. The Hall–Kier alpha value is -0.510. The number of hydrogen-bond acceptors (Lipinski definition) is 1. The molecular weight excluding hydrogens is 290 g/mol. The normalized spacial score (nSPS) is 34.0.